The second-order valence-electron chi connectivity index (χ2n) is 4.62. The Balaban J connectivity index is 2.18. The quantitative estimate of drug-likeness (QED) is 0.848. The normalized spacial score (nSPS) is 19.3. The maximum absolute atomic E-state index is 12.0. The summed E-state index contributed by atoms with van der Waals surface area (Å²) in [5.74, 6) is 0.457. The minimum absolute atomic E-state index is 0.0705. The lowest BCUT2D eigenvalue weighted by Crippen LogP contribution is -2.56. The molecule has 0 aromatic carbocycles. The number of nitrogens with one attached hydrogen (secondary N) is 1. The standard InChI is InChI=1S/C13H17N3O3/c1-8-4-11(19-3)5-10(14-8)6-16-7-12(17)15-9(2)13(16)18/h4-5,9H,6-7H2,1-3H3,(H,15,17). The molecular weight excluding hydrogens is 246 g/mol. The maximum Gasteiger partial charge on any atom is 0.245 e. The van der Waals surface area contributed by atoms with Crippen LogP contribution in [0.5, 0.6) is 5.75 Å². The molecule has 6 nitrogen and oxygen atoms in total. The SMILES string of the molecule is COc1cc(C)nc(CN2CC(=O)NC(C)C2=O)c1. The molecule has 2 amide bonds. The van der Waals surface area contributed by atoms with E-state index in [-0.39, 0.29) is 18.4 Å². The molecule has 1 atom stereocenters. The summed E-state index contributed by atoms with van der Waals surface area (Å²) in [6.07, 6.45) is 0. The summed E-state index contributed by atoms with van der Waals surface area (Å²) in [5.41, 5.74) is 1.53. The van der Waals surface area contributed by atoms with Crippen molar-refractivity contribution < 1.29 is 14.3 Å². The van der Waals surface area contributed by atoms with Gasteiger partial charge in [0.25, 0.3) is 0 Å². The second kappa shape index (κ2) is 5.26. The molecule has 1 aromatic rings. The lowest BCUT2D eigenvalue weighted by molar-refractivity contribution is -0.144. The van der Waals surface area contributed by atoms with Crippen molar-refractivity contribution in [1.82, 2.24) is 15.2 Å². The number of pyridine rings is 1. The number of methoxy groups -OCH3 is 1. The first kappa shape index (κ1) is 13.3. The highest BCUT2D eigenvalue weighted by Crippen LogP contribution is 2.15. The molecule has 0 spiro atoms. The van der Waals surface area contributed by atoms with Crippen LogP contribution in [-0.4, -0.2) is 41.4 Å². The molecule has 1 aromatic heterocycles. The molecular formula is C13H17N3O3. The molecule has 1 fully saturated rings. The lowest BCUT2D eigenvalue weighted by atomic mass is 10.2. The summed E-state index contributed by atoms with van der Waals surface area (Å²) in [4.78, 5) is 29.3. The van der Waals surface area contributed by atoms with Gasteiger partial charge >= 0.3 is 0 Å². The van der Waals surface area contributed by atoms with E-state index in [1.807, 2.05) is 13.0 Å². The highest BCUT2D eigenvalue weighted by molar-refractivity contribution is 5.94. The van der Waals surface area contributed by atoms with Crippen molar-refractivity contribution in [2.24, 2.45) is 0 Å². The Labute approximate surface area is 111 Å². The highest BCUT2D eigenvalue weighted by atomic mass is 16.5. The molecule has 2 rings (SSSR count). The fourth-order valence-electron chi connectivity index (χ4n) is 2.11. The smallest absolute Gasteiger partial charge is 0.245 e. The molecule has 1 aliphatic heterocycles. The Bertz CT molecular complexity index is 516. The van der Waals surface area contributed by atoms with E-state index < -0.39 is 6.04 Å². The number of carbonyl (C=O) groups is 2. The van der Waals surface area contributed by atoms with Gasteiger partial charge in [0.05, 0.1) is 19.3 Å². The van der Waals surface area contributed by atoms with Gasteiger partial charge in [-0.15, -0.1) is 0 Å². The fraction of sp³-hybridized carbons (Fsp3) is 0.462. The van der Waals surface area contributed by atoms with E-state index in [2.05, 4.69) is 10.3 Å². The number of hydrogen-bond donors (Lipinski definition) is 1. The highest BCUT2D eigenvalue weighted by Gasteiger charge is 2.29. The van der Waals surface area contributed by atoms with Gasteiger partial charge in [0, 0.05) is 17.8 Å². The van der Waals surface area contributed by atoms with Crippen LogP contribution in [0.2, 0.25) is 0 Å². The molecule has 1 N–H and O–H groups in total. The van der Waals surface area contributed by atoms with Gasteiger partial charge in [0.1, 0.15) is 18.3 Å². The van der Waals surface area contributed by atoms with Gasteiger partial charge in [-0.1, -0.05) is 0 Å². The van der Waals surface area contributed by atoms with Crippen molar-refractivity contribution >= 4 is 11.8 Å². The van der Waals surface area contributed by atoms with Gasteiger partial charge in [0.2, 0.25) is 11.8 Å². The summed E-state index contributed by atoms with van der Waals surface area (Å²) in [5, 5.41) is 2.60. The van der Waals surface area contributed by atoms with Crippen LogP contribution in [0.3, 0.4) is 0 Å². The number of ether oxygens (including phenoxy) is 1. The molecule has 0 aliphatic carbocycles. The van der Waals surface area contributed by atoms with E-state index in [1.165, 1.54) is 4.90 Å². The largest absolute Gasteiger partial charge is 0.497 e. The van der Waals surface area contributed by atoms with Crippen LogP contribution in [0.25, 0.3) is 0 Å². The molecule has 19 heavy (non-hydrogen) atoms. The summed E-state index contributed by atoms with van der Waals surface area (Å²) < 4.78 is 5.17. The zero-order valence-corrected chi connectivity index (χ0v) is 11.3. The molecule has 1 aliphatic rings. The zero-order valence-electron chi connectivity index (χ0n) is 11.3. The number of aryl methyl sites for hydroxylation is 1. The Morgan fingerprint density at radius 1 is 1.47 bits per heavy atom. The third-order valence-corrected chi connectivity index (χ3v) is 2.96. The van der Waals surface area contributed by atoms with Crippen molar-refractivity contribution in [3.63, 3.8) is 0 Å². The number of hydrogen-bond acceptors (Lipinski definition) is 4. The lowest BCUT2D eigenvalue weighted by Gasteiger charge is -2.30. The topological polar surface area (TPSA) is 71.5 Å². The Morgan fingerprint density at radius 2 is 2.21 bits per heavy atom. The van der Waals surface area contributed by atoms with Crippen LogP contribution in [0, 0.1) is 6.92 Å². The Morgan fingerprint density at radius 3 is 2.89 bits per heavy atom. The molecule has 0 saturated carbocycles. The summed E-state index contributed by atoms with van der Waals surface area (Å²) in [6.45, 7) is 3.92. The van der Waals surface area contributed by atoms with Crippen LogP contribution >= 0.6 is 0 Å². The predicted molar refractivity (Wildman–Crippen MR) is 68.5 cm³/mol. The fourth-order valence-corrected chi connectivity index (χ4v) is 2.11. The predicted octanol–water partition coefficient (Wildman–Crippen LogP) is 0.246. The zero-order chi connectivity index (χ0) is 14.0. The molecule has 102 valence electrons. The van der Waals surface area contributed by atoms with E-state index >= 15 is 0 Å². The molecule has 0 bridgehead atoms. The van der Waals surface area contributed by atoms with Crippen LogP contribution in [0.1, 0.15) is 18.3 Å². The molecule has 1 saturated heterocycles. The first-order chi connectivity index (χ1) is 8.99. The second-order valence-corrected chi connectivity index (χ2v) is 4.62. The van der Waals surface area contributed by atoms with Gasteiger partial charge in [-0.2, -0.15) is 0 Å². The molecule has 0 radical (unpaired) electrons. The van der Waals surface area contributed by atoms with E-state index in [0.29, 0.717) is 18.0 Å². The number of nitrogens with zero attached hydrogens (tertiary/aromatic N) is 2. The number of carbonyl (C=O) groups excluding carboxylic acids is 2. The Kier molecular flexibility index (Phi) is 3.69. The number of piperazine rings is 1. The van der Waals surface area contributed by atoms with Gasteiger partial charge < -0.3 is 15.0 Å². The first-order valence-corrected chi connectivity index (χ1v) is 6.09. The van der Waals surface area contributed by atoms with Crippen molar-refractivity contribution in [3.8, 4) is 5.75 Å². The summed E-state index contributed by atoms with van der Waals surface area (Å²) >= 11 is 0. The molecule has 1 unspecified atom stereocenters. The van der Waals surface area contributed by atoms with E-state index in [9.17, 15) is 9.59 Å². The third-order valence-electron chi connectivity index (χ3n) is 2.96. The summed E-state index contributed by atoms with van der Waals surface area (Å²) in [6, 6.07) is 3.11. The van der Waals surface area contributed by atoms with E-state index in [4.69, 9.17) is 4.74 Å². The van der Waals surface area contributed by atoms with E-state index in [0.717, 1.165) is 5.69 Å². The Hall–Kier alpha value is -2.11. The maximum atomic E-state index is 12.0. The minimum atomic E-state index is -0.479. The molecule has 2 heterocycles. The molecule has 6 heteroatoms. The van der Waals surface area contributed by atoms with Crippen LogP contribution in [0.4, 0.5) is 0 Å². The van der Waals surface area contributed by atoms with Crippen molar-refractivity contribution in [3.05, 3.63) is 23.5 Å². The van der Waals surface area contributed by atoms with Crippen molar-refractivity contribution in [2.75, 3.05) is 13.7 Å². The third kappa shape index (κ3) is 3.01. The average molecular weight is 263 g/mol. The number of amides is 2. The van der Waals surface area contributed by atoms with Crippen LogP contribution in [0.15, 0.2) is 12.1 Å². The van der Waals surface area contributed by atoms with Gasteiger partial charge in [-0.05, 0) is 13.8 Å². The first-order valence-electron chi connectivity index (χ1n) is 6.09. The van der Waals surface area contributed by atoms with Gasteiger partial charge in [-0.25, -0.2) is 0 Å². The number of aromatic nitrogens is 1. The van der Waals surface area contributed by atoms with Crippen molar-refractivity contribution in [1.29, 1.82) is 0 Å². The summed E-state index contributed by atoms with van der Waals surface area (Å²) in [7, 11) is 1.58. The van der Waals surface area contributed by atoms with Crippen LogP contribution in [-0.2, 0) is 16.1 Å². The average Bonchev–Trinajstić information content (AvgIpc) is 2.34. The van der Waals surface area contributed by atoms with Gasteiger partial charge in [0.15, 0.2) is 0 Å². The van der Waals surface area contributed by atoms with Crippen molar-refractivity contribution in [2.45, 2.75) is 26.4 Å². The minimum Gasteiger partial charge on any atom is -0.497 e. The number of rotatable bonds is 3. The van der Waals surface area contributed by atoms with Gasteiger partial charge in [-0.3, -0.25) is 14.6 Å². The monoisotopic (exact) mass is 263 g/mol. The van der Waals surface area contributed by atoms with E-state index in [1.54, 1.807) is 20.1 Å². The van der Waals surface area contributed by atoms with Crippen LogP contribution < -0.4 is 10.1 Å².